The van der Waals surface area contributed by atoms with Crippen LogP contribution in [-0.4, -0.2) is 8.42 Å². The molecule has 0 heterocycles. The van der Waals surface area contributed by atoms with Gasteiger partial charge in [-0.15, -0.1) is 0 Å². The zero-order valence-electron chi connectivity index (χ0n) is 9.81. The summed E-state index contributed by atoms with van der Waals surface area (Å²) in [5.74, 6) is 0. The van der Waals surface area contributed by atoms with E-state index in [0.29, 0.717) is 16.0 Å². The standard InChI is InChI=1S/C13H11BrClNO2S/c14-9-10-2-1-3-12(8-10)16-19(17,18)13-6-4-11(15)5-7-13/h1-8,16H,9H2. The van der Waals surface area contributed by atoms with Crippen LogP contribution in [0.15, 0.2) is 53.4 Å². The second-order valence-electron chi connectivity index (χ2n) is 3.89. The van der Waals surface area contributed by atoms with Gasteiger partial charge in [0.25, 0.3) is 10.0 Å². The summed E-state index contributed by atoms with van der Waals surface area (Å²) in [5.41, 5.74) is 1.53. The third-order valence-corrected chi connectivity index (χ3v) is 4.75. The van der Waals surface area contributed by atoms with Crippen molar-refractivity contribution in [1.82, 2.24) is 0 Å². The maximum atomic E-state index is 12.1. The number of benzene rings is 2. The van der Waals surface area contributed by atoms with Crippen molar-refractivity contribution in [2.75, 3.05) is 4.72 Å². The Bertz CT molecular complexity index is 671. The van der Waals surface area contributed by atoms with Crippen LogP contribution in [0.4, 0.5) is 5.69 Å². The lowest BCUT2D eigenvalue weighted by molar-refractivity contribution is 0.601. The zero-order chi connectivity index (χ0) is 13.9. The van der Waals surface area contributed by atoms with E-state index in [-0.39, 0.29) is 4.90 Å². The average molecular weight is 361 g/mol. The van der Waals surface area contributed by atoms with Crippen molar-refractivity contribution in [3.8, 4) is 0 Å². The number of alkyl halides is 1. The Morgan fingerprint density at radius 3 is 2.42 bits per heavy atom. The van der Waals surface area contributed by atoms with Crippen molar-refractivity contribution in [2.24, 2.45) is 0 Å². The highest BCUT2D eigenvalue weighted by molar-refractivity contribution is 9.08. The highest BCUT2D eigenvalue weighted by Gasteiger charge is 2.13. The molecule has 0 aromatic heterocycles. The van der Waals surface area contributed by atoms with Crippen LogP contribution in [0.5, 0.6) is 0 Å². The highest BCUT2D eigenvalue weighted by atomic mass is 79.9. The average Bonchev–Trinajstić information content (AvgIpc) is 2.39. The summed E-state index contributed by atoms with van der Waals surface area (Å²) in [6.45, 7) is 0. The fraction of sp³-hybridized carbons (Fsp3) is 0.0769. The van der Waals surface area contributed by atoms with Gasteiger partial charge in [-0.1, -0.05) is 39.7 Å². The maximum Gasteiger partial charge on any atom is 0.261 e. The lowest BCUT2D eigenvalue weighted by atomic mass is 10.2. The topological polar surface area (TPSA) is 46.2 Å². The molecule has 0 unspecified atom stereocenters. The number of hydrogen-bond donors (Lipinski definition) is 1. The Balaban J connectivity index is 2.28. The van der Waals surface area contributed by atoms with Crippen molar-refractivity contribution in [2.45, 2.75) is 10.2 Å². The molecule has 100 valence electrons. The van der Waals surface area contributed by atoms with Crippen molar-refractivity contribution in [3.63, 3.8) is 0 Å². The molecule has 0 aliphatic carbocycles. The first-order chi connectivity index (χ1) is 9.01. The predicted molar refractivity (Wildman–Crippen MR) is 81.3 cm³/mol. The molecule has 19 heavy (non-hydrogen) atoms. The van der Waals surface area contributed by atoms with Crippen molar-refractivity contribution >= 4 is 43.2 Å². The highest BCUT2D eigenvalue weighted by Crippen LogP contribution is 2.19. The van der Waals surface area contributed by atoms with Gasteiger partial charge in [0.05, 0.1) is 4.90 Å². The lowest BCUT2D eigenvalue weighted by Crippen LogP contribution is -2.12. The number of anilines is 1. The quantitative estimate of drug-likeness (QED) is 0.837. The first-order valence-corrected chi connectivity index (χ1v) is 8.43. The normalized spacial score (nSPS) is 11.3. The molecule has 0 aliphatic heterocycles. The fourth-order valence-corrected chi connectivity index (χ4v) is 3.07. The maximum absolute atomic E-state index is 12.1. The van der Waals surface area contributed by atoms with Crippen molar-refractivity contribution in [3.05, 3.63) is 59.1 Å². The number of sulfonamides is 1. The second-order valence-corrected chi connectivity index (χ2v) is 6.57. The van der Waals surface area contributed by atoms with Gasteiger partial charge in [0.1, 0.15) is 0 Å². The van der Waals surface area contributed by atoms with Gasteiger partial charge in [0.15, 0.2) is 0 Å². The van der Waals surface area contributed by atoms with E-state index in [1.807, 2.05) is 6.07 Å². The largest absolute Gasteiger partial charge is 0.280 e. The summed E-state index contributed by atoms with van der Waals surface area (Å²) in [6, 6.07) is 13.2. The van der Waals surface area contributed by atoms with Gasteiger partial charge in [-0.2, -0.15) is 0 Å². The molecule has 0 saturated heterocycles. The molecule has 0 spiro atoms. The van der Waals surface area contributed by atoms with E-state index in [4.69, 9.17) is 11.6 Å². The molecule has 3 nitrogen and oxygen atoms in total. The number of nitrogens with one attached hydrogen (secondary N) is 1. The summed E-state index contributed by atoms with van der Waals surface area (Å²) in [4.78, 5) is 0.182. The molecule has 0 fully saturated rings. The van der Waals surface area contributed by atoms with E-state index < -0.39 is 10.0 Å². The molecule has 1 N–H and O–H groups in total. The monoisotopic (exact) mass is 359 g/mol. The minimum atomic E-state index is -3.58. The van der Waals surface area contributed by atoms with E-state index >= 15 is 0 Å². The molecular formula is C13H11BrClNO2S. The Hall–Kier alpha value is -1.04. The zero-order valence-corrected chi connectivity index (χ0v) is 13.0. The molecule has 0 amide bonds. The minimum Gasteiger partial charge on any atom is -0.280 e. The van der Waals surface area contributed by atoms with E-state index in [1.54, 1.807) is 30.3 Å². The van der Waals surface area contributed by atoms with Crippen LogP contribution in [0.3, 0.4) is 0 Å². The number of hydrogen-bond acceptors (Lipinski definition) is 2. The third kappa shape index (κ3) is 3.72. The van der Waals surface area contributed by atoms with Gasteiger partial charge < -0.3 is 0 Å². The Morgan fingerprint density at radius 1 is 1.11 bits per heavy atom. The summed E-state index contributed by atoms with van der Waals surface area (Å²) < 4.78 is 26.8. The molecule has 0 saturated carbocycles. The van der Waals surface area contributed by atoms with Crippen LogP contribution in [0.1, 0.15) is 5.56 Å². The van der Waals surface area contributed by atoms with E-state index in [0.717, 1.165) is 5.56 Å². The second kappa shape index (κ2) is 5.94. The van der Waals surface area contributed by atoms with Crippen LogP contribution in [0.25, 0.3) is 0 Å². The van der Waals surface area contributed by atoms with Gasteiger partial charge in [-0.25, -0.2) is 8.42 Å². The van der Waals surface area contributed by atoms with Crippen LogP contribution < -0.4 is 4.72 Å². The van der Waals surface area contributed by atoms with Crippen LogP contribution >= 0.6 is 27.5 Å². The Labute approximate surface area is 125 Å². The summed E-state index contributed by atoms with van der Waals surface area (Å²) >= 11 is 9.07. The fourth-order valence-electron chi connectivity index (χ4n) is 1.55. The number of rotatable bonds is 4. The van der Waals surface area contributed by atoms with Crippen molar-refractivity contribution in [1.29, 1.82) is 0 Å². The first kappa shape index (κ1) is 14.4. The molecule has 2 aromatic rings. The smallest absolute Gasteiger partial charge is 0.261 e. The Morgan fingerprint density at radius 2 is 1.79 bits per heavy atom. The molecule has 0 aliphatic rings. The van der Waals surface area contributed by atoms with Crippen LogP contribution in [0, 0.1) is 0 Å². The van der Waals surface area contributed by atoms with Gasteiger partial charge in [-0.3, -0.25) is 4.72 Å². The first-order valence-electron chi connectivity index (χ1n) is 5.44. The molecule has 0 atom stereocenters. The molecule has 2 aromatic carbocycles. The molecule has 0 bridgehead atoms. The van der Waals surface area contributed by atoms with E-state index in [1.165, 1.54) is 12.1 Å². The number of halogens is 2. The SMILES string of the molecule is O=S(=O)(Nc1cccc(CBr)c1)c1ccc(Cl)cc1. The van der Waals surface area contributed by atoms with Gasteiger partial charge in [0.2, 0.25) is 0 Å². The lowest BCUT2D eigenvalue weighted by Gasteiger charge is -2.09. The predicted octanol–water partition coefficient (Wildman–Crippen LogP) is 4.04. The molecular weight excluding hydrogens is 350 g/mol. The summed E-state index contributed by atoms with van der Waals surface area (Å²) in [6.07, 6.45) is 0. The molecule has 6 heteroatoms. The van der Waals surface area contributed by atoms with Crippen LogP contribution in [0.2, 0.25) is 5.02 Å². The minimum absolute atomic E-state index is 0.182. The Kier molecular flexibility index (Phi) is 4.50. The van der Waals surface area contributed by atoms with Gasteiger partial charge in [-0.05, 0) is 42.0 Å². The van der Waals surface area contributed by atoms with E-state index in [2.05, 4.69) is 20.7 Å². The van der Waals surface area contributed by atoms with Crippen molar-refractivity contribution < 1.29 is 8.42 Å². The molecule has 0 radical (unpaired) electrons. The summed E-state index contributed by atoms with van der Waals surface area (Å²) in [7, 11) is -3.58. The van der Waals surface area contributed by atoms with E-state index in [9.17, 15) is 8.42 Å². The summed E-state index contributed by atoms with van der Waals surface area (Å²) in [5, 5.41) is 1.17. The van der Waals surface area contributed by atoms with Gasteiger partial charge in [0, 0.05) is 16.0 Å². The van der Waals surface area contributed by atoms with Crippen LogP contribution in [-0.2, 0) is 15.4 Å². The van der Waals surface area contributed by atoms with Gasteiger partial charge >= 0.3 is 0 Å². The molecule has 2 rings (SSSR count). The third-order valence-electron chi connectivity index (χ3n) is 2.46.